The lowest BCUT2D eigenvalue weighted by molar-refractivity contribution is 0.0801. The van der Waals surface area contributed by atoms with Crippen LogP contribution in [0.25, 0.3) is 0 Å². The molecule has 1 unspecified atom stereocenters. The minimum atomic E-state index is -0.696. The normalized spacial score (nSPS) is 18.7. The first-order chi connectivity index (χ1) is 13.1. The van der Waals surface area contributed by atoms with Crippen molar-refractivity contribution in [1.29, 1.82) is 0 Å². The number of rotatable bonds is 7. The molecule has 0 spiro atoms. The Morgan fingerprint density at radius 1 is 0.963 bits per heavy atom. The molecule has 1 heterocycles. The van der Waals surface area contributed by atoms with Crippen LogP contribution in [0.5, 0.6) is 17.2 Å². The fourth-order valence-corrected chi connectivity index (χ4v) is 3.70. The second kappa shape index (κ2) is 8.61. The summed E-state index contributed by atoms with van der Waals surface area (Å²) in [6.07, 6.45) is -0.696. The Morgan fingerprint density at radius 2 is 1.63 bits per heavy atom. The first-order valence-electron chi connectivity index (χ1n) is 8.97. The number of hydrogen-bond donors (Lipinski definition) is 2. The van der Waals surface area contributed by atoms with Crippen LogP contribution in [0, 0.1) is 6.92 Å². The highest BCUT2D eigenvalue weighted by atomic mass is 16.5. The number of ether oxygens (including phenoxy) is 4. The predicted molar refractivity (Wildman–Crippen MR) is 103 cm³/mol. The minimum Gasteiger partial charge on any atom is -0.496 e. The monoisotopic (exact) mass is 373 g/mol. The summed E-state index contributed by atoms with van der Waals surface area (Å²) in [7, 11) is 4.81. The van der Waals surface area contributed by atoms with Gasteiger partial charge in [0.2, 0.25) is 0 Å². The van der Waals surface area contributed by atoms with E-state index in [-0.39, 0.29) is 6.04 Å². The maximum absolute atomic E-state index is 10.6. The number of aliphatic hydroxyl groups excluding tert-OH is 1. The van der Waals surface area contributed by atoms with E-state index in [0.717, 1.165) is 22.3 Å². The lowest BCUT2D eigenvalue weighted by atomic mass is 9.88. The van der Waals surface area contributed by atoms with Crippen molar-refractivity contribution < 1.29 is 24.1 Å². The molecule has 0 amide bonds. The molecule has 2 atom stereocenters. The number of fused-ring (bicyclic) bond motifs is 1. The van der Waals surface area contributed by atoms with E-state index in [1.807, 2.05) is 37.3 Å². The third kappa shape index (κ3) is 3.74. The molecule has 2 aromatic rings. The Hall–Kier alpha value is -2.28. The van der Waals surface area contributed by atoms with Crippen molar-refractivity contribution in [1.82, 2.24) is 5.32 Å². The Bertz CT molecular complexity index is 778. The summed E-state index contributed by atoms with van der Waals surface area (Å²) in [5.74, 6) is 1.84. The molecule has 3 rings (SSSR count). The standard InChI is InChI=1S/C21H27NO5/c1-13-19(24-2)18-16(23)10-22-15(17(18)21(26-4)20(13)25-3)12-27-11-14-8-6-5-7-9-14/h5-9,15-16,22-23H,10-12H2,1-4H3/t15-,16?/m0/s1. The van der Waals surface area contributed by atoms with E-state index in [1.165, 1.54) is 0 Å². The zero-order valence-electron chi connectivity index (χ0n) is 16.2. The quantitative estimate of drug-likeness (QED) is 0.778. The number of methoxy groups -OCH3 is 3. The van der Waals surface area contributed by atoms with Crippen LogP contribution in [0.4, 0.5) is 0 Å². The SMILES string of the molecule is COc1c(C)c(OC)c2c(c1OC)[C@H](COCc1ccccc1)NCC2O. The van der Waals surface area contributed by atoms with Crippen molar-refractivity contribution in [3.05, 3.63) is 52.6 Å². The molecule has 27 heavy (non-hydrogen) atoms. The lowest BCUT2D eigenvalue weighted by Crippen LogP contribution is -2.36. The molecule has 0 saturated carbocycles. The molecule has 6 heteroatoms. The van der Waals surface area contributed by atoms with Gasteiger partial charge in [-0.25, -0.2) is 0 Å². The van der Waals surface area contributed by atoms with Gasteiger partial charge in [0.1, 0.15) is 5.75 Å². The van der Waals surface area contributed by atoms with Crippen LogP contribution in [0.15, 0.2) is 30.3 Å². The highest BCUT2D eigenvalue weighted by Gasteiger charge is 2.35. The summed E-state index contributed by atoms with van der Waals surface area (Å²) in [5, 5.41) is 14.0. The van der Waals surface area contributed by atoms with Gasteiger partial charge >= 0.3 is 0 Å². The van der Waals surface area contributed by atoms with Gasteiger partial charge < -0.3 is 29.4 Å². The maximum atomic E-state index is 10.6. The van der Waals surface area contributed by atoms with Crippen molar-refractivity contribution in [2.45, 2.75) is 25.7 Å². The van der Waals surface area contributed by atoms with E-state index >= 15 is 0 Å². The summed E-state index contributed by atoms with van der Waals surface area (Å²) in [6, 6.07) is 9.88. The van der Waals surface area contributed by atoms with Gasteiger partial charge in [0.15, 0.2) is 11.5 Å². The molecule has 0 radical (unpaired) electrons. The van der Waals surface area contributed by atoms with Gasteiger partial charge in [-0.1, -0.05) is 30.3 Å². The Labute approximate surface area is 160 Å². The van der Waals surface area contributed by atoms with Gasteiger partial charge in [0, 0.05) is 23.2 Å². The van der Waals surface area contributed by atoms with Gasteiger partial charge in [0.25, 0.3) is 0 Å². The van der Waals surface area contributed by atoms with Gasteiger partial charge in [-0.05, 0) is 12.5 Å². The average Bonchev–Trinajstić information content (AvgIpc) is 2.69. The van der Waals surface area contributed by atoms with E-state index in [1.54, 1.807) is 21.3 Å². The fraction of sp³-hybridized carbons (Fsp3) is 0.429. The van der Waals surface area contributed by atoms with Crippen LogP contribution < -0.4 is 19.5 Å². The van der Waals surface area contributed by atoms with Gasteiger partial charge in [0.05, 0.1) is 46.7 Å². The molecular formula is C21H27NO5. The van der Waals surface area contributed by atoms with E-state index < -0.39 is 6.10 Å². The second-order valence-electron chi connectivity index (χ2n) is 6.53. The first-order valence-corrected chi connectivity index (χ1v) is 8.97. The average molecular weight is 373 g/mol. The van der Waals surface area contributed by atoms with Crippen molar-refractivity contribution >= 4 is 0 Å². The zero-order valence-corrected chi connectivity index (χ0v) is 16.2. The molecule has 0 fully saturated rings. The number of β-amino-alcohol motifs (C(OH)–C–C–N with tert-alkyl or cyclic N) is 1. The molecule has 2 aromatic carbocycles. The zero-order chi connectivity index (χ0) is 19.4. The molecule has 0 aliphatic carbocycles. The minimum absolute atomic E-state index is 0.148. The van der Waals surface area contributed by atoms with E-state index in [4.69, 9.17) is 18.9 Å². The van der Waals surface area contributed by atoms with Gasteiger partial charge in [-0.3, -0.25) is 0 Å². The first kappa shape index (κ1) is 19.5. The van der Waals surface area contributed by atoms with E-state index in [2.05, 4.69) is 5.32 Å². The third-order valence-electron chi connectivity index (χ3n) is 4.91. The van der Waals surface area contributed by atoms with E-state index in [9.17, 15) is 5.11 Å². The van der Waals surface area contributed by atoms with Crippen molar-refractivity contribution in [2.75, 3.05) is 34.5 Å². The summed E-state index contributed by atoms with van der Waals surface area (Å²) >= 11 is 0. The smallest absolute Gasteiger partial charge is 0.167 e. The number of aliphatic hydroxyl groups is 1. The number of nitrogens with one attached hydrogen (secondary N) is 1. The van der Waals surface area contributed by atoms with Crippen LogP contribution in [-0.2, 0) is 11.3 Å². The summed E-state index contributed by atoms with van der Waals surface area (Å²) < 4.78 is 22.8. The highest BCUT2D eigenvalue weighted by Crippen LogP contribution is 2.49. The van der Waals surface area contributed by atoms with Crippen LogP contribution in [0.1, 0.15) is 34.4 Å². The van der Waals surface area contributed by atoms with Gasteiger partial charge in [-0.15, -0.1) is 0 Å². The summed E-state index contributed by atoms with van der Waals surface area (Å²) in [4.78, 5) is 0. The molecule has 146 valence electrons. The van der Waals surface area contributed by atoms with Crippen molar-refractivity contribution in [3.8, 4) is 17.2 Å². The number of hydrogen-bond acceptors (Lipinski definition) is 6. The fourth-order valence-electron chi connectivity index (χ4n) is 3.70. The van der Waals surface area contributed by atoms with Crippen LogP contribution in [0.3, 0.4) is 0 Å². The molecular weight excluding hydrogens is 346 g/mol. The molecule has 0 saturated heterocycles. The maximum Gasteiger partial charge on any atom is 0.167 e. The highest BCUT2D eigenvalue weighted by molar-refractivity contribution is 5.65. The Morgan fingerprint density at radius 3 is 2.26 bits per heavy atom. The van der Waals surface area contributed by atoms with Crippen molar-refractivity contribution in [3.63, 3.8) is 0 Å². The molecule has 1 aliphatic rings. The van der Waals surface area contributed by atoms with Gasteiger partial charge in [-0.2, -0.15) is 0 Å². The predicted octanol–water partition coefficient (Wildman–Crippen LogP) is 2.92. The van der Waals surface area contributed by atoms with Crippen LogP contribution in [-0.4, -0.2) is 39.6 Å². The molecule has 0 aromatic heterocycles. The van der Waals surface area contributed by atoms with Crippen molar-refractivity contribution in [2.24, 2.45) is 0 Å². The molecule has 2 N–H and O–H groups in total. The molecule has 1 aliphatic heterocycles. The van der Waals surface area contributed by atoms with E-state index in [0.29, 0.717) is 37.0 Å². The summed E-state index contributed by atoms with van der Waals surface area (Å²) in [6.45, 7) is 3.26. The molecule has 0 bridgehead atoms. The van der Waals surface area contributed by atoms with Crippen LogP contribution in [0.2, 0.25) is 0 Å². The Kier molecular flexibility index (Phi) is 6.21. The summed E-state index contributed by atoms with van der Waals surface area (Å²) in [5.41, 5.74) is 3.48. The topological polar surface area (TPSA) is 69.2 Å². The molecule has 6 nitrogen and oxygen atoms in total. The third-order valence-corrected chi connectivity index (χ3v) is 4.91. The van der Waals surface area contributed by atoms with Crippen LogP contribution >= 0.6 is 0 Å². The Balaban J connectivity index is 1.95. The number of benzene rings is 2. The largest absolute Gasteiger partial charge is 0.496 e. The second-order valence-corrected chi connectivity index (χ2v) is 6.53. The lowest BCUT2D eigenvalue weighted by Gasteiger charge is -2.34.